The number of carbonyl (C=O) groups excluding carboxylic acids is 1. The van der Waals surface area contributed by atoms with Crippen LogP contribution in [0.2, 0.25) is 0 Å². The Morgan fingerprint density at radius 3 is 3.00 bits per heavy atom. The molecular formula is C15H15F2N3O. The smallest absolute Gasteiger partial charge is 0.254 e. The van der Waals surface area contributed by atoms with Gasteiger partial charge < -0.3 is 5.32 Å². The van der Waals surface area contributed by atoms with Crippen molar-refractivity contribution in [3.63, 3.8) is 0 Å². The van der Waals surface area contributed by atoms with Crippen molar-refractivity contribution in [2.24, 2.45) is 7.05 Å². The molecule has 0 saturated heterocycles. The van der Waals surface area contributed by atoms with E-state index in [1.807, 2.05) is 7.05 Å². The first-order valence-electron chi connectivity index (χ1n) is 6.83. The van der Waals surface area contributed by atoms with Gasteiger partial charge in [0.25, 0.3) is 5.91 Å². The monoisotopic (exact) mass is 291 g/mol. The third-order valence-corrected chi connectivity index (χ3v) is 3.86. The largest absolute Gasteiger partial charge is 0.345 e. The molecule has 1 N–H and O–H groups in total. The summed E-state index contributed by atoms with van der Waals surface area (Å²) in [5, 5.41) is 7.01. The Labute approximate surface area is 120 Å². The highest BCUT2D eigenvalue weighted by Crippen LogP contribution is 2.29. The number of hydrogen-bond acceptors (Lipinski definition) is 2. The molecule has 3 rings (SSSR count). The molecule has 0 bridgehead atoms. The molecule has 1 amide bonds. The van der Waals surface area contributed by atoms with Gasteiger partial charge in [0.15, 0.2) is 0 Å². The zero-order valence-corrected chi connectivity index (χ0v) is 11.6. The second-order valence-corrected chi connectivity index (χ2v) is 5.21. The van der Waals surface area contributed by atoms with Crippen molar-refractivity contribution in [3.05, 3.63) is 52.9 Å². The Hall–Kier alpha value is -2.24. The topological polar surface area (TPSA) is 46.9 Å². The van der Waals surface area contributed by atoms with Crippen LogP contribution in [0.4, 0.5) is 8.78 Å². The van der Waals surface area contributed by atoms with Crippen LogP contribution in [0.3, 0.4) is 0 Å². The summed E-state index contributed by atoms with van der Waals surface area (Å²) < 4.78 is 28.3. The highest BCUT2D eigenvalue weighted by molar-refractivity contribution is 5.94. The number of nitrogens with one attached hydrogen (secondary N) is 1. The number of hydrogen-bond donors (Lipinski definition) is 1. The van der Waals surface area contributed by atoms with Crippen LogP contribution in [-0.4, -0.2) is 15.7 Å². The zero-order chi connectivity index (χ0) is 15.0. The fourth-order valence-electron chi connectivity index (χ4n) is 2.77. The van der Waals surface area contributed by atoms with Gasteiger partial charge in [-0.3, -0.25) is 9.48 Å². The number of nitrogens with zero attached hydrogens (tertiary/aromatic N) is 2. The van der Waals surface area contributed by atoms with Crippen LogP contribution in [0.25, 0.3) is 0 Å². The Balaban J connectivity index is 1.82. The van der Waals surface area contributed by atoms with E-state index in [0.717, 1.165) is 42.7 Å². The van der Waals surface area contributed by atoms with E-state index in [2.05, 4.69) is 10.4 Å². The summed E-state index contributed by atoms with van der Waals surface area (Å²) >= 11 is 0. The van der Waals surface area contributed by atoms with Gasteiger partial charge in [0, 0.05) is 24.4 Å². The minimum Gasteiger partial charge on any atom is -0.345 e. The Bertz CT molecular complexity index is 696. The van der Waals surface area contributed by atoms with Gasteiger partial charge in [0.05, 0.1) is 17.8 Å². The number of halogens is 2. The molecule has 1 aromatic carbocycles. The van der Waals surface area contributed by atoms with Crippen LogP contribution in [-0.2, 0) is 13.5 Å². The highest BCUT2D eigenvalue weighted by Gasteiger charge is 2.25. The van der Waals surface area contributed by atoms with Crippen LogP contribution in [0.1, 0.15) is 40.5 Å². The minimum absolute atomic E-state index is 0.146. The van der Waals surface area contributed by atoms with E-state index in [1.165, 1.54) is 0 Å². The van der Waals surface area contributed by atoms with Crippen LogP contribution in [0, 0.1) is 11.6 Å². The molecule has 4 nitrogen and oxygen atoms in total. The van der Waals surface area contributed by atoms with E-state index in [-0.39, 0.29) is 11.6 Å². The van der Waals surface area contributed by atoms with Gasteiger partial charge in [-0.15, -0.1) is 0 Å². The van der Waals surface area contributed by atoms with Crippen molar-refractivity contribution in [2.45, 2.75) is 25.3 Å². The van der Waals surface area contributed by atoms with Crippen molar-refractivity contribution in [1.29, 1.82) is 0 Å². The van der Waals surface area contributed by atoms with Crippen molar-refractivity contribution in [2.75, 3.05) is 0 Å². The van der Waals surface area contributed by atoms with Gasteiger partial charge in [-0.25, -0.2) is 8.78 Å². The zero-order valence-electron chi connectivity index (χ0n) is 11.6. The van der Waals surface area contributed by atoms with Gasteiger partial charge in [-0.05, 0) is 31.4 Å². The first kappa shape index (κ1) is 13.7. The van der Waals surface area contributed by atoms with Gasteiger partial charge in [0.1, 0.15) is 11.6 Å². The van der Waals surface area contributed by atoms with Crippen molar-refractivity contribution in [3.8, 4) is 0 Å². The Kier molecular flexibility index (Phi) is 3.45. The highest BCUT2D eigenvalue weighted by atomic mass is 19.1. The van der Waals surface area contributed by atoms with Gasteiger partial charge >= 0.3 is 0 Å². The lowest BCUT2D eigenvalue weighted by Gasteiger charge is -2.23. The molecule has 0 fully saturated rings. The predicted molar refractivity (Wildman–Crippen MR) is 72.7 cm³/mol. The first-order valence-corrected chi connectivity index (χ1v) is 6.83. The second-order valence-electron chi connectivity index (χ2n) is 5.21. The summed E-state index contributed by atoms with van der Waals surface area (Å²) in [7, 11) is 1.86. The molecule has 21 heavy (non-hydrogen) atoms. The number of fused-ring (bicyclic) bond motifs is 1. The Morgan fingerprint density at radius 2 is 2.24 bits per heavy atom. The SMILES string of the molecule is Cn1ncc2c1CCCC2NC(=O)c1ccc(F)cc1F. The quantitative estimate of drug-likeness (QED) is 0.924. The summed E-state index contributed by atoms with van der Waals surface area (Å²) in [6, 6.07) is 2.77. The standard InChI is InChI=1S/C15H15F2N3O/c1-20-14-4-2-3-13(11(14)8-18-20)19-15(21)10-6-5-9(16)7-12(10)17/h5-8,13H,2-4H2,1H3,(H,19,21). The van der Waals surface area contributed by atoms with Gasteiger partial charge in [-0.1, -0.05) is 0 Å². The van der Waals surface area contributed by atoms with Gasteiger partial charge in [0.2, 0.25) is 0 Å². The van der Waals surface area contributed by atoms with E-state index in [4.69, 9.17) is 0 Å². The number of rotatable bonds is 2. The fraction of sp³-hybridized carbons (Fsp3) is 0.333. The molecule has 0 aliphatic heterocycles. The summed E-state index contributed by atoms with van der Waals surface area (Å²) in [6.07, 6.45) is 4.38. The van der Waals surface area contributed by atoms with Crippen LogP contribution >= 0.6 is 0 Å². The molecule has 1 aliphatic rings. The number of amides is 1. The summed E-state index contributed by atoms with van der Waals surface area (Å²) in [5.74, 6) is -2.08. The second kappa shape index (κ2) is 5.27. The average molecular weight is 291 g/mol. The molecule has 0 radical (unpaired) electrons. The van der Waals surface area contributed by atoms with Crippen LogP contribution < -0.4 is 5.32 Å². The molecule has 1 aliphatic carbocycles. The predicted octanol–water partition coefficient (Wildman–Crippen LogP) is 2.51. The number of carbonyl (C=O) groups is 1. The third-order valence-electron chi connectivity index (χ3n) is 3.86. The lowest BCUT2D eigenvalue weighted by atomic mass is 9.92. The maximum atomic E-state index is 13.6. The fourth-order valence-corrected chi connectivity index (χ4v) is 2.77. The summed E-state index contributed by atoms with van der Waals surface area (Å²) in [6.45, 7) is 0. The number of aromatic nitrogens is 2. The van der Waals surface area contributed by atoms with E-state index >= 15 is 0 Å². The molecule has 0 saturated carbocycles. The molecule has 1 atom stereocenters. The molecule has 110 valence electrons. The Morgan fingerprint density at radius 1 is 1.43 bits per heavy atom. The lowest BCUT2D eigenvalue weighted by molar-refractivity contribution is 0.0928. The molecule has 6 heteroatoms. The number of benzene rings is 1. The lowest BCUT2D eigenvalue weighted by Crippen LogP contribution is -2.31. The van der Waals surface area contributed by atoms with E-state index in [0.29, 0.717) is 6.07 Å². The number of aryl methyl sites for hydroxylation is 1. The molecule has 2 aromatic rings. The van der Waals surface area contributed by atoms with Crippen molar-refractivity contribution >= 4 is 5.91 Å². The van der Waals surface area contributed by atoms with E-state index in [1.54, 1.807) is 10.9 Å². The van der Waals surface area contributed by atoms with Crippen LogP contribution in [0.5, 0.6) is 0 Å². The summed E-state index contributed by atoms with van der Waals surface area (Å²) in [4.78, 5) is 12.2. The molecule has 1 heterocycles. The molecule has 0 spiro atoms. The first-order chi connectivity index (χ1) is 10.1. The molecular weight excluding hydrogens is 276 g/mol. The average Bonchev–Trinajstić information content (AvgIpc) is 2.81. The van der Waals surface area contributed by atoms with Gasteiger partial charge in [-0.2, -0.15) is 5.10 Å². The third kappa shape index (κ3) is 2.53. The van der Waals surface area contributed by atoms with Crippen molar-refractivity contribution < 1.29 is 13.6 Å². The minimum atomic E-state index is -0.852. The maximum Gasteiger partial charge on any atom is 0.254 e. The molecule has 1 aromatic heterocycles. The van der Waals surface area contributed by atoms with Crippen molar-refractivity contribution in [1.82, 2.24) is 15.1 Å². The normalized spacial score (nSPS) is 17.4. The van der Waals surface area contributed by atoms with Crippen LogP contribution in [0.15, 0.2) is 24.4 Å². The molecule has 1 unspecified atom stereocenters. The van der Waals surface area contributed by atoms with E-state index in [9.17, 15) is 13.6 Å². The summed E-state index contributed by atoms with van der Waals surface area (Å²) in [5.41, 5.74) is 1.91. The van der Waals surface area contributed by atoms with E-state index < -0.39 is 17.5 Å². The maximum absolute atomic E-state index is 13.6.